The summed E-state index contributed by atoms with van der Waals surface area (Å²) in [5.41, 5.74) is 3.39. The minimum Gasteiger partial charge on any atom is -0.366 e. The molecule has 0 fully saturated rings. The van der Waals surface area contributed by atoms with Crippen molar-refractivity contribution in [2.75, 3.05) is 4.90 Å². The molecule has 0 saturated carbocycles. The van der Waals surface area contributed by atoms with Gasteiger partial charge in [0, 0.05) is 17.8 Å². The van der Waals surface area contributed by atoms with Crippen molar-refractivity contribution in [2.45, 2.75) is 39.3 Å². The maximum atomic E-state index is 8.85. The summed E-state index contributed by atoms with van der Waals surface area (Å²) in [4.78, 5) is 2.43. The molecule has 1 aromatic carbocycles. The monoisotopic (exact) mass is 200 g/mol. The van der Waals surface area contributed by atoms with Crippen molar-refractivity contribution in [3.05, 3.63) is 29.3 Å². The number of benzene rings is 1. The first-order valence-electron chi connectivity index (χ1n) is 5.45. The number of hydrogen-bond acceptors (Lipinski definition) is 2. The van der Waals surface area contributed by atoms with Gasteiger partial charge < -0.3 is 4.90 Å². The summed E-state index contributed by atoms with van der Waals surface area (Å²) in [6, 6.07) is 9.28. The fourth-order valence-electron chi connectivity index (χ4n) is 2.51. The Morgan fingerprint density at radius 3 is 2.80 bits per heavy atom. The first-order valence-corrected chi connectivity index (χ1v) is 5.45. The largest absolute Gasteiger partial charge is 0.366 e. The molecule has 78 valence electrons. The van der Waals surface area contributed by atoms with Crippen molar-refractivity contribution in [3.63, 3.8) is 0 Å². The third-order valence-electron chi connectivity index (χ3n) is 3.03. The molecule has 0 amide bonds. The highest BCUT2D eigenvalue weighted by Gasteiger charge is 2.27. The third kappa shape index (κ3) is 1.59. The average Bonchev–Trinajstić information content (AvgIpc) is 2.52. The molecule has 1 aliphatic rings. The molecule has 1 heterocycles. The van der Waals surface area contributed by atoms with Crippen LogP contribution in [0.15, 0.2) is 18.2 Å². The molecular formula is C13H16N2. The van der Waals surface area contributed by atoms with E-state index in [-0.39, 0.29) is 0 Å². The lowest BCUT2D eigenvalue weighted by molar-refractivity contribution is 0.606. The molecule has 2 rings (SSSR count). The Labute approximate surface area is 91.1 Å². The minimum absolute atomic E-state index is 0.522. The molecule has 2 heteroatoms. The molecule has 1 aliphatic heterocycles. The molecule has 0 spiro atoms. The Morgan fingerprint density at radius 1 is 1.47 bits per heavy atom. The maximum absolute atomic E-state index is 8.85. The summed E-state index contributed by atoms with van der Waals surface area (Å²) in [6.07, 6.45) is 1.06. The number of hydrogen-bond donors (Lipinski definition) is 0. The third-order valence-corrected chi connectivity index (χ3v) is 3.03. The summed E-state index contributed by atoms with van der Waals surface area (Å²) in [7, 11) is 0. The zero-order valence-corrected chi connectivity index (χ0v) is 9.49. The van der Waals surface area contributed by atoms with E-state index in [0.717, 1.165) is 12.0 Å². The zero-order valence-electron chi connectivity index (χ0n) is 9.49. The van der Waals surface area contributed by atoms with Crippen LogP contribution in [-0.4, -0.2) is 12.1 Å². The van der Waals surface area contributed by atoms with E-state index in [0.29, 0.717) is 12.1 Å². The highest BCUT2D eigenvalue weighted by molar-refractivity contribution is 5.62. The summed E-state index contributed by atoms with van der Waals surface area (Å²) in [5.74, 6) is 0. The molecule has 1 unspecified atom stereocenters. The second-order valence-electron chi connectivity index (χ2n) is 4.51. The Bertz CT molecular complexity index is 415. The van der Waals surface area contributed by atoms with E-state index in [4.69, 9.17) is 5.26 Å². The number of anilines is 1. The van der Waals surface area contributed by atoms with Crippen LogP contribution in [0, 0.1) is 11.3 Å². The summed E-state index contributed by atoms with van der Waals surface area (Å²) < 4.78 is 0. The molecule has 0 aliphatic carbocycles. The Hall–Kier alpha value is -1.49. The Morgan fingerprint density at radius 2 is 2.20 bits per heavy atom. The second kappa shape index (κ2) is 3.58. The van der Waals surface area contributed by atoms with Crippen LogP contribution in [0.3, 0.4) is 0 Å². The molecule has 1 aromatic rings. The van der Waals surface area contributed by atoms with Crippen LogP contribution in [0.2, 0.25) is 0 Å². The summed E-state index contributed by atoms with van der Waals surface area (Å²) in [5, 5.41) is 8.85. The van der Waals surface area contributed by atoms with Crippen LogP contribution in [0.1, 0.15) is 31.9 Å². The van der Waals surface area contributed by atoms with Gasteiger partial charge in [-0.15, -0.1) is 0 Å². The minimum atomic E-state index is 0.522. The van der Waals surface area contributed by atoms with E-state index in [1.807, 2.05) is 12.1 Å². The van der Waals surface area contributed by atoms with Crippen LogP contribution >= 0.6 is 0 Å². The highest BCUT2D eigenvalue weighted by atomic mass is 15.2. The quantitative estimate of drug-likeness (QED) is 0.697. The number of nitriles is 1. The second-order valence-corrected chi connectivity index (χ2v) is 4.51. The van der Waals surface area contributed by atoms with Gasteiger partial charge in [0.05, 0.1) is 11.6 Å². The van der Waals surface area contributed by atoms with Gasteiger partial charge in [0.1, 0.15) is 0 Å². The summed E-state index contributed by atoms with van der Waals surface area (Å²) >= 11 is 0. The fraction of sp³-hybridized carbons (Fsp3) is 0.462. The van der Waals surface area contributed by atoms with Gasteiger partial charge in [-0.1, -0.05) is 0 Å². The van der Waals surface area contributed by atoms with Gasteiger partial charge in [0.15, 0.2) is 0 Å². The van der Waals surface area contributed by atoms with Crippen molar-refractivity contribution in [2.24, 2.45) is 0 Å². The number of fused-ring (bicyclic) bond motifs is 1. The van der Waals surface area contributed by atoms with E-state index >= 15 is 0 Å². The average molecular weight is 200 g/mol. The van der Waals surface area contributed by atoms with Crippen LogP contribution in [-0.2, 0) is 6.42 Å². The lowest BCUT2D eigenvalue weighted by Gasteiger charge is -2.29. The van der Waals surface area contributed by atoms with E-state index in [9.17, 15) is 0 Å². The predicted molar refractivity (Wildman–Crippen MR) is 61.9 cm³/mol. The van der Waals surface area contributed by atoms with E-state index in [1.165, 1.54) is 11.3 Å². The maximum Gasteiger partial charge on any atom is 0.0991 e. The molecule has 0 N–H and O–H groups in total. The van der Waals surface area contributed by atoms with E-state index < -0.39 is 0 Å². The van der Waals surface area contributed by atoms with Crippen molar-refractivity contribution >= 4 is 5.69 Å². The molecule has 0 bridgehead atoms. The van der Waals surface area contributed by atoms with E-state index in [1.54, 1.807) is 0 Å². The first-order chi connectivity index (χ1) is 7.13. The van der Waals surface area contributed by atoms with Gasteiger partial charge in [0.25, 0.3) is 0 Å². The molecule has 15 heavy (non-hydrogen) atoms. The Kier molecular flexibility index (Phi) is 2.40. The zero-order chi connectivity index (χ0) is 11.0. The molecule has 0 saturated heterocycles. The highest BCUT2D eigenvalue weighted by Crippen LogP contribution is 2.34. The Balaban J connectivity index is 2.44. The summed E-state index contributed by atoms with van der Waals surface area (Å²) in [6.45, 7) is 6.67. The number of nitrogens with zero attached hydrogens (tertiary/aromatic N) is 2. The first kappa shape index (κ1) is 10.0. The van der Waals surface area contributed by atoms with Gasteiger partial charge in [-0.25, -0.2) is 0 Å². The van der Waals surface area contributed by atoms with E-state index in [2.05, 4.69) is 37.8 Å². The predicted octanol–water partition coefficient (Wildman–Crippen LogP) is 2.72. The fourth-order valence-corrected chi connectivity index (χ4v) is 2.51. The van der Waals surface area contributed by atoms with Crippen LogP contribution < -0.4 is 4.90 Å². The molecular weight excluding hydrogens is 184 g/mol. The van der Waals surface area contributed by atoms with Crippen LogP contribution in [0.5, 0.6) is 0 Å². The van der Waals surface area contributed by atoms with Crippen molar-refractivity contribution < 1.29 is 0 Å². The van der Waals surface area contributed by atoms with Crippen molar-refractivity contribution in [1.29, 1.82) is 5.26 Å². The molecule has 0 aromatic heterocycles. The normalized spacial score (nSPS) is 19.1. The molecule has 2 nitrogen and oxygen atoms in total. The number of rotatable bonds is 1. The molecule has 0 radical (unpaired) electrons. The lowest BCUT2D eigenvalue weighted by Crippen LogP contribution is -2.35. The van der Waals surface area contributed by atoms with Gasteiger partial charge in [0.2, 0.25) is 0 Å². The van der Waals surface area contributed by atoms with Gasteiger partial charge in [-0.2, -0.15) is 5.26 Å². The smallest absolute Gasteiger partial charge is 0.0991 e. The standard InChI is InChI=1S/C13H16N2/c1-9(2)15-10(3)6-12-7-11(8-14)4-5-13(12)15/h4-5,7,9-10H,6H2,1-3H3. The SMILES string of the molecule is CC(C)N1c2ccc(C#N)cc2CC1C. The van der Waals surface area contributed by atoms with Crippen molar-refractivity contribution in [1.82, 2.24) is 0 Å². The van der Waals surface area contributed by atoms with Crippen molar-refractivity contribution in [3.8, 4) is 6.07 Å². The van der Waals surface area contributed by atoms with Gasteiger partial charge >= 0.3 is 0 Å². The van der Waals surface area contributed by atoms with Gasteiger partial charge in [-0.3, -0.25) is 0 Å². The van der Waals surface area contributed by atoms with Gasteiger partial charge in [-0.05, 0) is 51.0 Å². The molecule has 1 atom stereocenters. The topological polar surface area (TPSA) is 27.0 Å². The van der Waals surface area contributed by atoms with Crippen LogP contribution in [0.4, 0.5) is 5.69 Å². The van der Waals surface area contributed by atoms with Crippen LogP contribution in [0.25, 0.3) is 0 Å². The lowest BCUT2D eigenvalue weighted by atomic mass is 10.1.